The molecule has 6 heteroatoms. The lowest BCUT2D eigenvalue weighted by Gasteiger charge is -2.08. The van der Waals surface area contributed by atoms with E-state index in [2.05, 4.69) is 10.1 Å². The number of ether oxygens (including phenoxy) is 1. The molecule has 0 aliphatic rings. The first-order chi connectivity index (χ1) is 8.08. The van der Waals surface area contributed by atoms with Gasteiger partial charge in [0.25, 0.3) is 0 Å². The first kappa shape index (κ1) is 13.5. The molecular formula is C11H12ClNO4. The number of aliphatic hydroxyl groups excluding tert-OH is 1. The molecule has 17 heavy (non-hydrogen) atoms. The summed E-state index contributed by atoms with van der Waals surface area (Å²) in [5.74, 6) is -0.893. The van der Waals surface area contributed by atoms with Gasteiger partial charge in [0, 0.05) is 0 Å². The van der Waals surface area contributed by atoms with E-state index in [-0.39, 0.29) is 24.5 Å². The molecule has 5 nitrogen and oxygen atoms in total. The molecule has 0 aromatic heterocycles. The number of aliphatic hydroxyl groups is 1. The summed E-state index contributed by atoms with van der Waals surface area (Å²) in [6.45, 7) is -0.250. The largest absolute Gasteiger partial charge is 0.465 e. The molecule has 0 spiro atoms. The first-order valence-corrected chi connectivity index (χ1v) is 5.25. The Balaban J connectivity index is 2.90. The van der Waals surface area contributed by atoms with Crippen molar-refractivity contribution in [3.63, 3.8) is 0 Å². The van der Waals surface area contributed by atoms with E-state index in [1.54, 1.807) is 0 Å². The molecule has 0 saturated heterocycles. The van der Waals surface area contributed by atoms with E-state index in [1.807, 2.05) is 0 Å². The van der Waals surface area contributed by atoms with Crippen LogP contribution in [0.25, 0.3) is 0 Å². The Morgan fingerprint density at radius 1 is 1.47 bits per heavy atom. The summed E-state index contributed by atoms with van der Waals surface area (Å²) >= 11 is 5.86. The molecule has 0 fully saturated rings. The van der Waals surface area contributed by atoms with E-state index < -0.39 is 5.97 Å². The summed E-state index contributed by atoms with van der Waals surface area (Å²) in [5, 5.41) is 11.4. The van der Waals surface area contributed by atoms with Gasteiger partial charge >= 0.3 is 5.97 Å². The van der Waals surface area contributed by atoms with Crippen molar-refractivity contribution < 1.29 is 19.4 Å². The third-order valence-electron chi connectivity index (χ3n) is 2.00. The second-order valence-electron chi connectivity index (χ2n) is 3.21. The van der Waals surface area contributed by atoms with Crippen LogP contribution in [0.2, 0.25) is 5.02 Å². The van der Waals surface area contributed by atoms with E-state index >= 15 is 0 Å². The number of anilines is 1. The van der Waals surface area contributed by atoms with E-state index in [0.717, 1.165) is 0 Å². The van der Waals surface area contributed by atoms with Crippen molar-refractivity contribution in [3.05, 3.63) is 28.8 Å². The molecule has 0 unspecified atom stereocenters. The fourth-order valence-electron chi connectivity index (χ4n) is 1.18. The van der Waals surface area contributed by atoms with Crippen molar-refractivity contribution in [2.45, 2.75) is 6.42 Å². The SMILES string of the molecule is COC(=O)c1ccc(Cl)c(NC(=O)CCO)c1. The van der Waals surface area contributed by atoms with Gasteiger partial charge in [-0.1, -0.05) is 11.6 Å². The third kappa shape index (κ3) is 3.72. The van der Waals surface area contributed by atoms with Gasteiger partial charge in [0.05, 0.1) is 36.4 Å². The maximum atomic E-state index is 11.3. The highest BCUT2D eigenvalue weighted by Crippen LogP contribution is 2.23. The average Bonchev–Trinajstić information content (AvgIpc) is 2.31. The second kappa shape index (κ2) is 6.22. The molecule has 1 amide bonds. The number of hydrogen-bond acceptors (Lipinski definition) is 4. The van der Waals surface area contributed by atoms with Gasteiger partial charge in [-0.05, 0) is 18.2 Å². The lowest BCUT2D eigenvalue weighted by molar-refractivity contribution is -0.116. The molecule has 1 aromatic rings. The van der Waals surface area contributed by atoms with Crippen LogP contribution in [0.3, 0.4) is 0 Å². The van der Waals surface area contributed by atoms with Gasteiger partial charge in [-0.25, -0.2) is 4.79 Å². The maximum absolute atomic E-state index is 11.3. The molecule has 0 aliphatic heterocycles. The van der Waals surface area contributed by atoms with E-state index in [9.17, 15) is 9.59 Å². The minimum absolute atomic E-state index is 0.0290. The number of esters is 1. The normalized spacial score (nSPS) is 9.82. The summed E-state index contributed by atoms with van der Waals surface area (Å²) in [5.41, 5.74) is 0.601. The molecule has 0 heterocycles. The zero-order valence-corrected chi connectivity index (χ0v) is 9.95. The van der Waals surface area contributed by atoms with Gasteiger partial charge in [-0.2, -0.15) is 0 Å². The van der Waals surface area contributed by atoms with Crippen LogP contribution in [0.1, 0.15) is 16.8 Å². The zero-order chi connectivity index (χ0) is 12.8. The van der Waals surface area contributed by atoms with Crippen molar-refractivity contribution in [1.82, 2.24) is 0 Å². The Bertz CT molecular complexity index is 433. The molecule has 2 N–H and O–H groups in total. The first-order valence-electron chi connectivity index (χ1n) is 4.87. The van der Waals surface area contributed by atoms with E-state index in [4.69, 9.17) is 16.7 Å². The smallest absolute Gasteiger partial charge is 0.337 e. The Hall–Kier alpha value is -1.59. The van der Waals surface area contributed by atoms with Gasteiger partial charge in [0.15, 0.2) is 0 Å². The van der Waals surface area contributed by atoms with Crippen LogP contribution in [0, 0.1) is 0 Å². The number of halogens is 1. The van der Waals surface area contributed by atoms with Crippen molar-refractivity contribution in [3.8, 4) is 0 Å². The van der Waals surface area contributed by atoms with Gasteiger partial charge < -0.3 is 15.2 Å². The van der Waals surface area contributed by atoms with Crippen molar-refractivity contribution >= 4 is 29.2 Å². The lowest BCUT2D eigenvalue weighted by atomic mass is 10.2. The van der Waals surface area contributed by atoms with Gasteiger partial charge in [0.2, 0.25) is 5.91 Å². The lowest BCUT2D eigenvalue weighted by Crippen LogP contribution is -2.13. The van der Waals surface area contributed by atoms with Gasteiger partial charge in [0.1, 0.15) is 0 Å². The third-order valence-corrected chi connectivity index (χ3v) is 2.33. The van der Waals surface area contributed by atoms with Crippen LogP contribution in [0.5, 0.6) is 0 Å². The summed E-state index contributed by atoms with van der Waals surface area (Å²) < 4.78 is 4.55. The maximum Gasteiger partial charge on any atom is 0.337 e. The predicted octanol–water partition coefficient (Wildman–Crippen LogP) is 1.45. The van der Waals surface area contributed by atoms with Crippen LogP contribution in [0.4, 0.5) is 5.69 Å². The van der Waals surface area contributed by atoms with Crippen LogP contribution in [0.15, 0.2) is 18.2 Å². The molecule has 92 valence electrons. The molecule has 0 bridgehead atoms. The average molecular weight is 258 g/mol. The number of benzene rings is 1. The standard InChI is InChI=1S/C11H12ClNO4/c1-17-11(16)7-2-3-8(12)9(6-7)13-10(15)4-5-14/h2-3,6,14H,4-5H2,1H3,(H,13,15). The highest BCUT2D eigenvalue weighted by molar-refractivity contribution is 6.33. The van der Waals surface area contributed by atoms with Crippen LogP contribution >= 0.6 is 11.6 Å². The van der Waals surface area contributed by atoms with Crippen molar-refractivity contribution in [2.24, 2.45) is 0 Å². The highest BCUT2D eigenvalue weighted by Gasteiger charge is 2.10. The number of methoxy groups -OCH3 is 1. The highest BCUT2D eigenvalue weighted by atomic mass is 35.5. The zero-order valence-electron chi connectivity index (χ0n) is 9.20. The number of hydrogen-bond donors (Lipinski definition) is 2. The number of nitrogens with one attached hydrogen (secondary N) is 1. The van der Waals surface area contributed by atoms with Crippen LogP contribution in [-0.2, 0) is 9.53 Å². The van der Waals surface area contributed by atoms with Crippen LogP contribution < -0.4 is 5.32 Å². The van der Waals surface area contributed by atoms with Gasteiger partial charge in [-0.3, -0.25) is 4.79 Å². The van der Waals surface area contributed by atoms with Crippen LogP contribution in [-0.4, -0.2) is 30.7 Å². The van der Waals surface area contributed by atoms with Crippen molar-refractivity contribution in [1.29, 1.82) is 0 Å². The Morgan fingerprint density at radius 2 is 2.18 bits per heavy atom. The molecule has 1 rings (SSSR count). The molecular weight excluding hydrogens is 246 g/mol. The Labute approximate surface area is 103 Å². The molecule has 0 saturated carbocycles. The Kier molecular flexibility index (Phi) is 4.93. The van der Waals surface area contributed by atoms with Crippen molar-refractivity contribution in [2.75, 3.05) is 19.0 Å². The predicted molar refractivity (Wildman–Crippen MR) is 63.1 cm³/mol. The number of carbonyl (C=O) groups excluding carboxylic acids is 2. The minimum Gasteiger partial charge on any atom is -0.465 e. The number of rotatable bonds is 4. The number of carbonyl (C=O) groups is 2. The molecule has 0 radical (unpaired) electrons. The summed E-state index contributed by atoms with van der Waals surface area (Å²) in [4.78, 5) is 22.5. The fraction of sp³-hybridized carbons (Fsp3) is 0.273. The van der Waals surface area contributed by atoms with Gasteiger partial charge in [-0.15, -0.1) is 0 Å². The monoisotopic (exact) mass is 257 g/mol. The summed E-state index contributed by atoms with van der Waals surface area (Å²) in [6.07, 6.45) is -0.0290. The quantitative estimate of drug-likeness (QED) is 0.801. The Morgan fingerprint density at radius 3 is 2.76 bits per heavy atom. The number of amides is 1. The molecule has 1 aromatic carbocycles. The summed E-state index contributed by atoms with van der Waals surface area (Å²) in [7, 11) is 1.26. The topological polar surface area (TPSA) is 75.6 Å². The molecule has 0 aliphatic carbocycles. The second-order valence-corrected chi connectivity index (χ2v) is 3.62. The summed E-state index contributed by atoms with van der Waals surface area (Å²) in [6, 6.07) is 4.40. The minimum atomic E-state index is -0.515. The molecule has 0 atom stereocenters. The van der Waals surface area contributed by atoms with E-state index in [0.29, 0.717) is 10.7 Å². The van der Waals surface area contributed by atoms with E-state index in [1.165, 1.54) is 25.3 Å². The fourth-order valence-corrected chi connectivity index (χ4v) is 1.34.